The van der Waals surface area contributed by atoms with Crippen LogP contribution in [0.5, 0.6) is 0 Å². The van der Waals surface area contributed by atoms with E-state index in [0.717, 1.165) is 11.1 Å². The second-order valence-electron chi connectivity index (χ2n) is 8.50. The van der Waals surface area contributed by atoms with Gasteiger partial charge in [0.1, 0.15) is 6.04 Å². The molecule has 0 N–H and O–H groups in total. The van der Waals surface area contributed by atoms with Gasteiger partial charge in [-0.25, -0.2) is 4.79 Å². The molecule has 0 bridgehead atoms. The van der Waals surface area contributed by atoms with Crippen LogP contribution in [0.15, 0.2) is 72.4 Å². The highest BCUT2D eigenvalue weighted by atomic mass is 35.5. The lowest BCUT2D eigenvalue weighted by molar-refractivity contribution is -0.155. The van der Waals surface area contributed by atoms with Crippen molar-refractivity contribution in [3.8, 4) is 0 Å². The van der Waals surface area contributed by atoms with E-state index in [-0.39, 0.29) is 30.7 Å². The maximum absolute atomic E-state index is 13.4. The summed E-state index contributed by atoms with van der Waals surface area (Å²) < 4.78 is 10.8. The summed E-state index contributed by atoms with van der Waals surface area (Å²) in [6, 6.07) is 18.5. The van der Waals surface area contributed by atoms with E-state index in [1.54, 1.807) is 20.0 Å². The molecule has 0 aromatic heterocycles. The molecule has 8 heteroatoms. The van der Waals surface area contributed by atoms with E-state index in [1.165, 1.54) is 9.80 Å². The van der Waals surface area contributed by atoms with Gasteiger partial charge in [-0.05, 0) is 30.5 Å². The number of hydrogen-bond acceptors (Lipinski definition) is 5. The van der Waals surface area contributed by atoms with Crippen molar-refractivity contribution in [2.24, 2.45) is 0 Å². The summed E-state index contributed by atoms with van der Waals surface area (Å²) >= 11 is 6.38. The van der Waals surface area contributed by atoms with Crippen LogP contribution < -0.4 is 0 Å². The van der Waals surface area contributed by atoms with Crippen LogP contribution in [0, 0.1) is 0 Å². The van der Waals surface area contributed by atoms with Crippen LogP contribution in [-0.2, 0) is 19.1 Å². The zero-order valence-electron chi connectivity index (χ0n) is 19.1. The minimum absolute atomic E-state index is 0.0763. The quantitative estimate of drug-likeness (QED) is 0.312. The number of nitrogens with zero attached hydrogens (tertiary/aromatic N) is 2. The number of alkyl halides is 1. The molecule has 2 saturated heterocycles. The molecule has 2 aliphatic rings. The Hall–Kier alpha value is -3.32. The van der Waals surface area contributed by atoms with E-state index >= 15 is 0 Å². The van der Waals surface area contributed by atoms with Crippen LogP contribution in [0.4, 0.5) is 4.79 Å². The van der Waals surface area contributed by atoms with Gasteiger partial charge in [0.05, 0.1) is 25.5 Å². The minimum atomic E-state index is -1.25. The summed E-state index contributed by atoms with van der Waals surface area (Å²) in [5, 5.41) is 0. The molecule has 0 spiro atoms. The lowest BCUT2D eigenvalue weighted by atomic mass is 9.84. The van der Waals surface area contributed by atoms with Crippen LogP contribution in [0.3, 0.4) is 0 Å². The number of hydrogen-bond donors (Lipinski definition) is 0. The maximum Gasteiger partial charge on any atom is 0.412 e. The first-order valence-corrected chi connectivity index (χ1v) is 11.7. The molecule has 2 heterocycles. The number of carbonyl (C=O) groups excluding carboxylic acids is 3. The Bertz CT molecular complexity index is 1090. The normalized spacial score (nSPS) is 24.6. The average Bonchev–Trinajstić information content (AvgIpc) is 3.19. The third-order valence-electron chi connectivity index (χ3n) is 6.14. The van der Waals surface area contributed by atoms with Gasteiger partial charge >= 0.3 is 12.1 Å². The molecule has 0 saturated carbocycles. The largest absolute Gasteiger partial charge is 0.466 e. The van der Waals surface area contributed by atoms with Gasteiger partial charge in [0.15, 0.2) is 11.6 Å². The van der Waals surface area contributed by atoms with Crippen molar-refractivity contribution in [2.45, 2.75) is 38.0 Å². The molecule has 2 fully saturated rings. The zero-order chi connectivity index (χ0) is 24.3. The molecular formula is C26H27ClN2O5. The van der Waals surface area contributed by atoms with Crippen molar-refractivity contribution in [3.05, 3.63) is 83.6 Å². The molecule has 4 rings (SSSR count). The fraction of sp³-hybridized carbons (Fsp3) is 0.346. The predicted molar refractivity (Wildman–Crippen MR) is 127 cm³/mol. The number of amides is 2. The number of halogens is 1. The minimum Gasteiger partial charge on any atom is -0.466 e. The van der Waals surface area contributed by atoms with E-state index in [0.29, 0.717) is 12.2 Å². The van der Waals surface area contributed by atoms with E-state index in [1.807, 2.05) is 60.7 Å². The SMILES string of the molecule is CCOC(=O)CC(C)=CN1CC(CCl)(N2C(=O)OC(c3ccccc3)C2c2ccccc2)C1=O. The Balaban J connectivity index is 1.65. The smallest absolute Gasteiger partial charge is 0.412 e. The van der Waals surface area contributed by atoms with Crippen molar-refractivity contribution in [1.82, 2.24) is 9.80 Å². The summed E-state index contributed by atoms with van der Waals surface area (Å²) in [6.45, 7) is 4.00. The fourth-order valence-electron chi connectivity index (χ4n) is 4.58. The lowest BCUT2D eigenvalue weighted by Crippen LogP contribution is -2.74. The first-order valence-electron chi connectivity index (χ1n) is 11.2. The van der Waals surface area contributed by atoms with Crippen LogP contribution >= 0.6 is 11.6 Å². The maximum atomic E-state index is 13.4. The van der Waals surface area contributed by atoms with Gasteiger partial charge in [-0.3, -0.25) is 14.5 Å². The van der Waals surface area contributed by atoms with Gasteiger partial charge in [-0.1, -0.05) is 60.7 Å². The Morgan fingerprint density at radius 1 is 1.12 bits per heavy atom. The molecule has 0 radical (unpaired) electrons. The van der Waals surface area contributed by atoms with E-state index < -0.39 is 23.8 Å². The second-order valence-corrected chi connectivity index (χ2v) is 8.76. The van der Waals surface area contributed by atoms with Crippen molar-refractivity contribution in [1.29, 1.82) is 0 Å². The van der Waals surface area contributed by atoms with Gasteiger partial charge < -0.3 is 14.4 Å². The Morgan fingerprint density at radius 3 is 2.29 bits per heavy atom. The summed E-state index contributed by atoms with van der Waals surface area (Å²) in [6.07, 6.45) is 0.542. The number of ether oxygens (including phenoxy) is 2. The fourth-order valence-corrected chi connectivity index (χ4v) is 4.91. The van der Waals surface area contributed by atoms with Gasteiger partial charge in [0, 0.05) is 6.20 Å². The molecule has 3 unspecified atom stereocenters. The zero-order valence-corrected chi connectivity index (χ0v) is 19.9. The van der Waals surface area contributed by atoms with E-state index in [4.69, 9.17) is 21.1 Å². The number of rotatable bonds is 8. The van der Waals surface area contributed by atoms with Crippen LogP contribution in [-0.4, -0.2) is 52.3 Å². The van der Waals surface area contributed by atoms with Crippen LogP contribution in [0.2, 0.25) is 0 Å². The van der Waals surface area contributed by atoms with Crippen molar-refractivity contribution in [3.63, 3.8) is 0 Å². The molecule has 178 valence electrons. The predicted octanol–water partition coefficient (Wildman–Crippen LogP) is 4.60. The number of benzene rings is 2. The van der Waals surface area contributed by atoms with Crippen molar-refractivity contribution in [2.75, 3.05) is 19.0 Å². The highest BCUT2D eigenvalue weighted by molar-refractivity contribution is 6.22. The van der Waals surface area contributed by atoms with Gasteiger partial charge in [0.25, 0.3) is 5.91 Å². The number of likely N-dealkylation sites (tertiary alicyclic amines) is 1. The molecule has 3 atom stereocenters. The van der Waals surface area contributed by atoms with E-state index in [2.05, 4.69) is 0 Å². The summed E-state index contributed by atoms with van der Waals surface area (Å²) in [5.41, 5.74) is 1.13. The molecule has 2 aliphatic heterocycles. The molecule has 2 amide bonds. The topological polar surface area (TPSA) is 76.2 Å². The third-order valence-corrected chi connectivity index (χ3v) is 6.58. The second kappa shape index (κ2) is 9.89. The number of β-lactam (4-membered cyclic amide) rings is 1. The molecule has 0 aliphatic carbocycles. The molecule has 2 aromatic carbocycles. The Labute approximate surface area is 203 Å². The van der Waals surface area contributed by atoms with Crippen molar-refractivity contribution >= 4 is 29.6 Å². The van der Waals surface area contributed by atoms with Crippen molar-refractivity contribution < 1.29 is 23.9 Å². The van der Waals surface area contributed by atoms with Crippen LogP contribution in [0.25, 0.3) is 0 Å². The molecular weight excluding hydrogens is 456 g/mol. The first-order chi connectivity index (χ1) is 16.4. The highest BCUT2D eigenvalue weighted by Crippen LogP contribution is 2.49. The Kier molecular flexibility index (Phi) is 6.93. The monoisotopic (exact) mass is 482 g/mol. The van der Waals surface area contributed by atoms with Gasteiger partial charge in [-0.2, -0.15) is 0 Å². The van der Waals surface area contributed by atoms with Crippen LogP contribution in [0.1, 0.15) is 43.5 Å². The molecule has 7 nitrogen and oxygen atoms in total. The van der Waals surface area contributed by atoms with E-state index in [9.17, 15) is 14.4 Å². The third kappa shape index (κ3) is 4.28. The number of carbonyl (C=O) groups is 3. The average molecular weight is 483 g/mol. The van der Waals surface area contributed by atoms with Gasteiger partial charge in [0.2, 0.25) is 0 Å². The summed E-state index contributed by atoms with van der Waals surface area (Å²) in [7, 11) is 0. The first kappa shape index (κ1) is 23.8. The number of esters is 1. The Morgan fingerprint density at radius 2 is 1.74 bits per heavy atom. The lowest BCUT2D eigenvalue weighted by Gasteiger charge is -2.52. The summed E-state index contributed by atoms with van der Waals surface area (Å²) in [4.78, 5) is 41.4. The summed E-state index contributed by atoms with van der Waals surface area (Å²) in [5.74, 6) is -0.740. The standard InChI is InChI=1S/C26H27ClN2O5/c1-3-33-21(30)14-18(2)15-28-17-26(16-27,24(28)31)29-22(19-10-6-4-7-11-19)23(34-25(29)32)20-12-8-5-9-13-20/h4-13,15,22-23H,3,14,16-17H2,1-2H3. The molecule has 2 aromatic rings. The molecule has 34 heavy (non-hydrogen) atoms. The highest BCUT2D eigenvalue weighted by Gasteiger charge is 2.63. The van der Waals surface area contributed by atoms with Gasteiger partial charge in [-0.15, -0.1) is 11.6 Å². The number of cyclic esters (lactones) is 1.